The highest BCUT2D eigenvalue weighted by Crippen LogP contribution is 2.25. The number of benzene rings is 1. The second kappa shape index (κ2) is 5.52. The van der Waals surface area contributed by atoms with Crippen molar-refractivity contribution in [2.45, 2.75) is 24.0 Å². The molecule has 1 amide bonds. The molecule has 5 nitrogen and oxygen atoms in total. The summed E-state index contributed by atoms with van der Waals surface area (Å²) in [7, 11) is -4.46. The van der Waals surface area contributed by atoms with Crippen molar-refractivity contribution in [1.82, 2.24) is 5.32 Å². The van der Waals surface area contributed by atoms with Crippen molar-refractivity contribution < 1.29 is 22.0 Å². The highest BCUT2D eigenvalue weighted by molar-refractivity contribution is 7.92. The zero-order chi connectivity index (χ0) is 14.8. The van der Waals surface area contributed by atoms with E-state index < -0.39 is 37.5 Å². The number of carbonyl (C=O) groups excluding carboxylic acids is 1. The predicted molar refractivity (Wildman–Crippen MR) is 66.1 cm³/mol. The number of rotatable bonds is 4. The molecule has 3 N–H and O–H groups in total. The standard InChI is InChI=1S/C11H14F2N2O3S/c1-3-15-11(16)6(2)19(17,18)10-8(12)4-7(14)5-9(10)13/h4-6H,3,14H2,1-2H3,(H,15,16). The van der Waals surface area contributed by atoms with Crippen LogP contribution < -0.4 is 11.1 Å². The number of sulfone groups is 1. The van der Waals surface area contributed by atoms with Gasteiger partial charge in [-0.2, -0.15) is 0 Å². The fourth-order valence-corrected chi connectivity index (χ4v) is 2.87. The fourth-order valence-electron chi connectivity index (χ4n) is 1.49. The van der Waals surface area contributed by atoms with Crippen LogP contribution in [0.3, 0.4) is 0 Å². The average molecular weight is 292 g/mol. The molecule has 0 bridgehead atoms. The van der Waals surface area contributed by atoms with Crippen molar-refractivity contribution in [2.75, 3.05) is 12.3 Å². The summed E-state index contributed by atoms with van der Waals surface area (Å²) in [4.78, 5) is 10.4. The van der Waals surface area contributed by atoms with Gasteiger partial charge in [0.15, 0.2) is 9.84 Å². The van der Waals surface area contributed by atoms with Crippen molar-refractivity contribution in [2.24, 2.45) is 0 Å². The lowest BCUT2D eigenvalue weighted by Crippen LogP contribution is -2.38. The van der Waals surface area contributed by atoms with Crippen LogP contribution >= 0.6 is 0 Å². The van der Waals surface area contributed by atoms with Gasteiger partial charge in [0.25, 0.3) is 0 Å². The molecule has 8 heteroatoms. The van der Waals surface area contributed by atoms with E-state index >= 15 is 0 Å². The van der Waals surface area contributed by atoms with Crippen LogP contribution in [0.5, 0.6) is 0 Å². The first-order valence-electron chi connectivity index (χ1n) is 5.48. The number of nitrogens with one attached hydrogen (secondary N) is 1. The van der Waals surface area contributed by atoms with Gasteiger partial charge in [0.2, 0.25) is 5.91 Å². The van der Waals surface area contributed by atoms with Gasteiger partial charge < -0.3 is 11.1 Å². The molecule has 0 aliphatic heterocycles. The number of nitrogen functional groups attached to an aromatic ring is 1. The first-order valence-corrected chi connectivity index (χ1v) is 7.02. The number of halogens is 2. The zero-order valence-electron chi connectivity index (χ0n) is 10.4. The van der Waals surface area contributed by atoms with Gasteiger partial charge in [-0.15, -0.1) is 0 Å². The summed E-state index contributed by atoms with van der Waals surface area (Å²) in [6, 6.07) is 1.39. The Labute approximate surface area is 109 Å². The summed E-state index contributed by atoms with van der Waals surface area (Å²) in [5.74, 6) is -3.44. The third-order valence-corrected chi connectivity index (χ3v) is 4.59. The molecule has 0 aromatic heterocycles. The largest absolute Gasteiger partial charge is 0.399 e. The van der Waals surface area contributed by atoms with Crippen LogP contribution in [0.1, 0.15) is 13.8 Å². The highest BCUT2D eigenvalue weighted by Gasteiger charge is 2.34. The van der Waals surface area contributed by atoms with Crippen LogP contribution in [0.2, 0.25) is 0 Å². The Kier molecular flexibility index (Phi) is 4.46. The van der Waals surface area contributed by atoms with E-state index in [0.717, 1.165) is 6.92 Å². The lowest BCUT2D eigenvalue weighted by molar-refractivity contribution is -0.120. The summed E-state index contributed by atoms with van der Waals surface area (Å²) < 4.78 is 51.2. The lowest BCUT2D eigenvalue weighted by Gasteiger charge is -2.14. The summed E-state index contributed by atoms with van der Waals surface area (Å²) in [6.07, 6.45) is 0. The van der Waals surface area contributed by atoms with E-state index in [0.29, 0.717) is 12.1 Å². The van der Waals surface area contributed by atoms with Crippen LogP contribution in [0.25, 0.3) is 0 Å². The normalized spacial score (nSPS) is 13.1. The Bertz CT molecular complexity index is 579. The minimum Gasteiger partial charge on any atom is -0.399 e. The van der Waals surface area contributed by atoms with E-state index in [-0.39, 0.29) is 12.2 Å². The molecule has 0 saturated carbocycles. The summed E-state index contributed by atoms with van der Waals surface area (Å²) in [5.41, 5.74) is 4.96. The lowest BCUT2D eigenvalue weighted by atomic mass is 10.3. The SMILES string of the molecule is CCNC(=O)C(C)S(=O)(=O)c1c(F)cc(N)cc1F. The van der Waals surface area contributed by atoms with Gasteiger partial charge in [0.05, 0.1) is 0 Å². The monoisotopic (exact) mass is 292 g/mol. The average Bonchev–Trinajstić information content (AvgIpc) is 2.26. The fraction of sp³-hybridized carbons (Fsp3) is 0.364. The second-order valence-electron chi connectivity index (χ2n) is 3.90. The molecule has 0 saturated heterocycles. The Hall–Kier alpha value is -1.70. The molecule has 19 heavy (non-hydrogen) atoms. The van der Waals surface area contributed by atoms with Gasteiger partial charge in [0.1, 0.15) is 21.8 Å². The number of hydrogen-bond donors (Lipinski definition) is 2. The van der Waals surface area contributed by atoms with Gasteiger partial charge in [0, 0.05) is 12.2 Å². The predicted octanol–water partition coefficient (Wildman–Crippen LogP) is 0.845. The smallest absolute Gasteiger partial charge is 0.238 e. The van der Waals surface area contributed by atoms with E-state index in [2.05, 4.69) is 5.32 Å². The van der Waals surface area contributed by atoms with Crippen molar-refractivity contribution >= 4 is 21.4 Å². The van der Waals surface area contributed by atoms with E-state index in [4.69, 9.17) is 5.73 Å². The van der Waals surface area contributed by atoms with E-state index in [1.54, 1.807) is 6.92 Å². The minimum atomic E-state index is -4.46. The van der Waals surface area contributed by atoms with Crippen LogP contribution in [0.15, 0.2) is 17.0 Å². The zero-order valence-corrected chi connectivity index (χ0v) is 11.2. The maximum Gasteiger partial charge on any atom is 0.238 e. The van der Waals surface area contributed by atoms with Gasteiger partial charge >= 0.3 is 0 Å². The van der Waals surface area contributed by atoms with Gasteiger partial charge in [-0.3, -0.25) is 4.79 Å². The van der Waals surface area contributed by atoms with Crippen molar-refractivity contribution in [3.8, 4) is 0 Å². The Morgan fingerprint density at radius 3 is 2.26 bits per heavy atom. The van der Waals surface area contributed by atoms with Crippen molar-refractivity contribution in [3.63, 3.8) is 0 Å². The molecule has 1 rings (SSSR count). The number of carbonyl (C=O) groups is 1. The molecular formula is C11H14F2N2O3S. The summed E-state index contributed by atoms with van der Waals surface area (Å²) in [6.45, 7) is 2.88. The van der Waals surface area contributed by atoms with Gasteiger partial charge in [-0.25, -0.2) is 17.2 Å². The first-order chi connectivity index (χ1) is 8.71. The quantitative estimate of drug-likeness (QED) is 0.805. The molecule has 0 aliphatic rings. The van der Waals surface area contributed by atoms with Crippen molar-refractivity contribution in [3.05, 3.63) is 23.8 Å². The number of nitrogens with two attached hydrogens (primary N) is 1. The molecule has 0 spiro atoms. The third-order valence-electron chi connectivity index (χ3n) is 2.49. The Balaban J connectivity index is 3.32. The Morgan fingerprint density at radius 1 is 1.37 bits per heavy atom. The summed E-state index contributed by atoms with van der Waals surface area (Å²) in [5, 5.41) is 0.687. The topological polar surface area (TPSA) is 89.3 Å². The van der Waals surface area contributed by atoms with E-state index in [1.807, 2.05) is 0 Å². The molecule has 1 unspecified atom stereocenters. The Morgan fingerprint density at radius 2 is 1.84 bits per heavy atom. The maximum absolute atomic E-state index is 13.6. The molecule has 106 valence electrons. The van der Waals surface area contributed by atoms with Crippen LogP contribution in [0.4, 0.5) is 14.5 Å². The molecule has 1 atom stereocenters. The van der Waals surface area contributed by atoms with Gasteiger partial charge in [-0.05, 0) is 26.0 Å². The number of amides is 1. The van der Waals surface area contributed by atoms with E-state index in [9.17, 15) is 22.0 Å². The molecule has 0 aliphatic carbocycles. The summed E-state index contributed by atoms with van der Waals surface area (Å²) >= 11 is 0. The molecular weight excluding hydrogens is 278 g/mol. The number of anilines is 1. The maximum atomic E-state index is 13.6. The molecule has 0 fully saturated rings. The number of hydrogen-bond acceptors (Lipinski definition) is 4. The molecule has 0 heterocycles. The third kappa shape index (κ3) is 3.01. The second-order valence-corrected chi connectivity index (χ2v) is 6.10. The van der Waals surface area contributed by atoms with Crippen LogP contribution in [0, 0.1) is 11.6 Å². The van der Waals surface area contributed by atoms with Crippen molar-refractivity contribution in [1.29, 1.82) is 0 Å². The van der Waals surface area contributed by atoms with Crippen LogP contribution in [-0.2, 0) is 14.6 Å². The minimum absolute atomic E-state index is 0.214. The first kappa shape index (κ1) is 15.4. The molecule has 0 radical (unpaired) electrons. The van der Waals surface area contributed by atoms with Crippen LogP contribution in [-0.4, -0.2) is 26.1 Å². The molecule has 1 aromatic carbocycles. The van der Waals surface area contributed by atoms with Gasteiger partial charge in [-0.1, -0.05) is 0 Å². The van der Waals surface area contributed by atoms with E-state index in [1.165, 1.54) is 0 Å². The highest BCUT2D eigenvalue weighted by atomic mass is 32.2. The molecule has 1 aromatic rings.